The highest BCUT2D eigenvalue weighted by molar-refractivity contribution is 5.86. The van der Waals surface area contributed by atoms with Crippen LogP contribution in [0.5, 0.6) is 0 Å². The average molecular weight is 172 g/mol. The van der Waals surface area contributed by atoms with E-state index in [0.29, 0.717) is 0 Å². The molecule has 70 valence electrons. The summed E-state index contributed by atoms with van der Waals surface area (Å²) in [4.78, 5) is 21.6. The van der Waals surface area contributed by atoms with Crippen LogP contribution in [0.1, 0.15) is 27.7 Å². The Kier molecular flexibility index (Phi) is 3.24. The zero-order chi connectivity index (χ0) is 9.94. The summed E-state index contributed by atoms with van der Waals surface area (Å²) in [6, 6.07) is -0.602. The van der Waals surface area contributed by atoms with Crippen molar-refractivity contribution in [2.24, 2.45) is 11.1 Å². The van der Waals surface area contributed by atoms with Crippen LogP contribution in [-0.4, -0.2) is 17.9 Å². The SMILES string of the molecule is CC(=O)N[C@@H](C(N)=O)C(C)(C)C. The van der Waals surface area contributed by atoms with Crippen LogP contribution in [0.25, 0.3) is 0 Å². The smallest absolute Gasteiger partial charge is 0.240 e. The number of hydrogen-bond donors (Lipinski definition) is 2. The highest BCUT2D eigenvalue weighted by atomic mass is 16.2. The molecule has 0 unspecified atom stereocenters. The zero-order valence-corrected chi connectivity index (χ0v) is 7.97. The van der Waals surface area contributed by atoms with Crippen LogP contribution in [0.2, 0.25) is 0 Å². The topological polar surface area (TPSA) is 72.2 Å². The lowest BCUT2D eigenvalue weighted by molar-refractivity contribution is -0.128. The van der Waals surface area contributed by atoms with E-state index < -0.39 is 11.9 Å². The quantitative estimate of drug-likeness (QED) is 0.616. The minimum atomic E-state index is -0.602. The molecule has 2 amide bonds. The normalized spacial score (nSPS) is 13.7. The predicted molar refractivity (Wildman–Crippen MR) is 46.3 cm³/mol. The van der Waals surface area contributed by atoms with Crippen molar-refractivity contribution in [2.45, 2.75) is 33.7 Å². The summed E-state index contributed by atoms with van der Waals surface area (Å²) in [6.45, 7) is 6.90. The van der Waals surface area contributed by atoms with E-state index in [-0.39, 0.29) is 11.3 Å². The van der Waals surface area contributed by atoms with E-state index in [4.69, 9.17) is 5.73 Å². The molecule has 0 aliphatic carbocycles. The molecular weight excluding hydrogens is 156 g/mol. The first kappa shape index (κ1) is 10.9. The molecule has 0 aliphatic rings. The lowest BCUT2D eigenvalue weighted by Gasteiger charge is -2.28. The van der Waals surface area contributed by atoms with Gasteiger partial charge in [0.05, 0.1) is 0 Å². The molecule has 0 aromatic heterocycles. The molecule has 4 nitrogen and oxygen atoms in total. The summed E-state index contributed by atoms with van der Waals surface area (Å²) in [7, 11) is 0. The summed E-state index contributed by atoms with van der Waals surface area (Å²) >= 11 is 0. The van der Waals surface area contributed by atoms with Crippen LogP contribution < -0.4 is 11.1 Å². The monoisotopic (exact) mass is 172 g/mol. The van der Waals surface area contributed by atoms with Gasteiger partial charge in [0.2, 0.25) is 11.8 Å². The Labute approximate surface area is 72.5 Å². The van der Waals surface area contributed by atoms with Crippen LogP contribution >= 0.6 is 0 Å². The standard InChI is InChI=1S/C8H16N2O2/c1-5(11)10-6(7(9)12)8(2,3)4/h6H,1-4H3,(H2,9,12)(H,10,11)/t6-/m0/s1. The fourth-order valence-electron chi connectivity index (χ4n) is 0.918. The van der Waals surface area contributed by atoms with Crippen molar-refractivity contribution in [3.05, 3.63) is 0 Å². The second-order valence-corrected chi connectivity index (χ2v) is 3.90. The molecule has 0 saturated heterocycles. The number of primary amides is 1. The third kappa shape index (κ3) is 3.37. The van der Waals surface area contributed by atoms with Crippen LogP contribution in [0.3, 0.4) is 0 Å². The Hall–Kier alpha value is -1.06. The van der Waals surface area contributed by atoms with Crippen molar-refractivity contribution in [3.63, 3.8) is 0 Å². The summed E-state index contributed by atoms with van der Waals surface area (Å²) < 4.78 is 0. The van der Waals surface area contributed by atoms with Gasteiger partial charge in [-0.2, -0.15) is 0 Å². The lowest BCUT2D eigenvalue weighted by Crippen LogP contribution is -2.51. The number of nitrogens with one attached hydrogen (secondary N) is 1. The Bertz CT molecular complexity index is 194. The lowest BCUT2D eigenvalue weighted by atomic mass is 9.86. The van der Waals surface area contributed by atoms with Gasteiger partial charge in [-0.05, 0) is 5.41 Å². The second kappa shape index (κ2) is 3.56. The van der Waals surface area contributed by atoms with E-state index in [1.165, 1.54) is 6.92 Å². The van der Waals surface area contributed by atoms with Crippen LogP contribution in [0.15, 0.2) is 0 Å². The molecule has 0 saturated carbocycles. The third-order valence-corrected chi connectivity index (χ3v) is 1.50. The maximum absolute atomic E-state index is 10.9. The van der Waals surface area contributed by atoms with E-state index in [2.05, 4.69) is 5.32 Å². The van der Waals surface area contributed by atoms with Crippen molar-refractivity contribution in [2.75, 3.05) is 0 Å². The van der Waals surface area contributed by atoms with Gasteiger partial charge in [-0.25, -0.2) is 0 Å². The molecule has 0 heterocycles. The maximum atomic E-state index is 10.9. The van der Waals surface area contributed by atoms with Crippen LogP contribution in [0.4, 0.5) is 0 Å². The van der Waals surface area contributed by atoms with Gasteiger partial charge in [-0.1, -0.05) is 20.8 Å². The van der Waals surface area contributed by atoms with E-state index in [1.54, 1.807) is 0 Å². The Morgan fingerprint density at radius 2 is 1.75 bits per heavy atom. The minimum Gasteiger partial charge on any atom is -0.368 e. The van der Waals surface area contributed by atoms with E-state index >= 15 is 0 Å². The van der Waals surface area contributed by atoms with Gasteiger partial charge in [-0.15, -0.1) is 0 Å². The number of rotatable bonds is 2. The number of amides is 2. The van der Waals surface area contributed by atoms with Gasteiger partial charge in [0.1, 0.15) is 6.04 Å². The summed E-state index contributed by atoms with van der Waals surface area (Å²) in [5, 5.41) is 2.51. The van der Waals surface area contributed by atoms with Gasteiger partial charge in [0.25, 0.3) is 0 Å². The van der Waals surface area contributed by atoms with E-state index in [0.717, 1.165) is 0 Å². The fraction of sp³-hybridized carbons (Fsp3) is 0.750. The Morgan fingerprint density at radius 3 is 1.83 bits per heavy atom. The largest absolute Gasteiger partial charge is 0.368 e. The van der Waals surface area contributed by atoms with Gasteiger partial charge < -0.3 is 11.1 Å². The molecule has 3 N–H and O–H groups in total. The minimum absolute atomic E-state index is 0.242. The molecule has 12 heavy (non-hydrogen) atoms. The number of carbonyl (C=O) groups excluding carboxylic acids is 2. The van der Waals surface area contributed by atoms with Crippen molar-refractivity contribution in [1.29, 1.82) is 0 Å². The predicted octanol–water partition coefficient (Wildman–Crippen LogP) is 0.0225. The van der Waals surface area contributed by atoms with Crippen LogP contribution in [0, 0.1) is 5.41 Å². The number of carbonyl (C=O) groups is 2. The second-order valence-electron chi connectivity index (χ2n) is 3.90. The van der Waals surface area contributed by atoms with Crippen molar-refractivity contribution in [3.8, 4) is 0 Å². The fourth-order valence-corrected chi connectivity index (χ4v) is 0.918. The molecule has 1 atom stereocenters. The molecule has 0 aliphatic heterocycles. The molecule has 0 bridgehead atoms. The molecule has 0 rings (SSSR count). The number of nitrogens with two attached hydrogens (primary N) is 1. The Morgan fingerprint density at radius 1 is 1.33 bits per heavy atom. The summed E-state index contributed by atoms with van der Waals surface area (Å²) in [6.07, 6.45) is 0. The Balaban J connectivity index is 4.46. The third-order valence-electron chi connectivity index (χ3n) is 1.50. The van der Waals surface area contributed by atoms with E-state index in [1.807, 2.05) is 20.8 Å². The van der Waals surface area contributed by atoms with Crippen molar-refractivity contribution >= 4 is 11.8 Å². The molecule has 0 aromatic carbocycles. The summed E-state index contributed by atoms with van der Waals surface area (Å²) in [5.41, 5.74) is 4.78. The van der Waals surface area contributed by atoms with Gasteiger partial charge >= 0.3 is 0 Å². The molecule has 0 aromatic rings. The van der Waals surface area contributed by atoms with Crippen LogP contribution in [-0.2, 0) is 9.59 Å². The first-order valence-corrected chi connectivity index (χ1v) is 3.81. The van der Waals surface area contributed by atoms with Gasteiger partial charge in [0, 0.05) is 6.92 Å². The number of hydrogen-bond acceptors (Lipinski definition) is 2. The zero-order valence-electron chi connectivity index (χ0n) is 7.97. The highest BCUT2D eigenvalue weighted by Gasteiger charge is 2.29. The average Bonchev–Trinajstić information content (AvgIpc) is 1.79. The van der Waals surface area contributed by atoms with Crippen molar-refractivity contribution < 1.29 is 9.59 Å². The summed E-state index contributed by atoms with van der Waals surface area (Å²) in [5.74, 6) is -0.744. The molecule has 0 fully saturated rings. The molecular formula is C8H16N2O2. The van der Waals surface area contributed by atoms with Gasteiger partial charge in [0.15, 0.2) is 0 Å². The molecule has 4 heteroatoms. The van der Waals surface area contributed by atoms with Gasteiger partial charge in [-0.3, -0.25) is 9.59 Å². The highest BCUT2D eigenvalue weighted by Crippen LogP contribution is 2.18. The first-order chi connectivity index (χ1) is 5.25. The molecule has 0 spiro atoms. The molecule has 0 radical (unpaired) electrons. The first-order valence-electron chi connectivity index (χ1n) is 3.81. The maximum Gasteiger partial charge on any atom is 0.240 e. The van der Waals surface area contributed by atoms with Crippen molar-refractivity contribution in [1.82, 2.24) is 5.32 Å². The van der Waals surface area contributed by atoms with E-state index in [9.17, 15) is 9.59 Å².